The number of nitrogens with zero attached hydrogens (tertiary/aromatic N) is 1. The van der Waals surface area contributed by atoms with Crippen molar-refractivity contribution >= 4 is 0 Å². The highest BCUT2D eigenvalue weighted by Gasteiger charge is 2.27. The molecule has 0 spiro atoms. The molecule has 2 fully saturated rings. The van der Waals surface area contributed by atoms with Crippen molar-refractivity contribution in [2.75, 3.05) is 26.3 Å². The van der Waals surface area contributed by atoms with Crippen LogP contribution in [0.4, 0.5) is 0 Å². The highest BCUT2D eigenvalue weighted by atomic mass is 16.5. The van der Waals surface area contributed by atoms with Crippen LogP contribution < -0.4 is 5.32 Å². The molecule has 0 radical (unpaired) electrons. The first-order valence-electron chi connectivity index (χ1n) is 6.60. The Balaban J connectivity index is 1.79. The minimum absolute atomic E-state index is 0.453. The van der Waals surface area contributed by atoms with E-state index in [1.54, 1.807) is 0 Å². The number of rotatable bonds is 2. The molecule has 17 heavy (non-hydrogen) atoms. The van der Waals surface area contributed by atoms with Crippen LogP contribution in [0.1, 0.15) is 48.4 Å². The first-order valence-corrected chi connectivity index (χ1v) is 6.60. The largest absolute Gasteiger partial charge is 0.445 e. The van der Waals surface area contributed by atoms with Crippen molar-refractivity contribution in [3.05, 3.63) is 17.3 Å². The number of ether oxygens (including phenoxy) is 1. The Hall–Kier alpha value is -0.870. The molecule has 1 atom stereocenters. The summed E-state index contributed by atoms with van der Waals surface area (Å²) in [4.78, 5) is 4.74. The standard InChI is InChI=1S/C13H20N2O2/c1-9-12(11-4-7-16-8-11)15-13(17-9)10-2-5-14-6-3-10/h10-11,14H,2-8H2,1H3. The lowest BCUT2D eigenvalue weighted by Gasteiger charge is -2.19. The van der Waals surface area contributed by atoms with Crippen LogP contribution in [-0.4, -0.2) is 31.3 Å². The molecule has 1 unspecified atom stereocenters. The third kappa shape index (κ3) is 2.24. The van der Waals surface area contributed by atoms with Gasteiger partial charge in [-0.3, -0.25) is 0 Å². The monoisotopic (exact) mass is 236 g/mol. The normalized spacial score (nSPS) is 26.5. The van der Waals surface area contributed by atoms with Gasteiger partial charge in [0.05, 0.1) is 12.3 Å². The van der Waals surface area contributed by atoms with Crippen LogP contribution in [0.25, 0.3) is 0 Å². The van der Waals surface area contributed by atoms with Crippen molar-refractivity contribution in [3.8, 4) is 0 Å². The zero-order valence-electron chi connectivity index (χ0n) is 10.4. The van der Waals surface area contributed by atoms with Gasteiger partial charge in [0, 0.05) is 18.4 Å². The van der Waals surface area contributed by atoms with Crippen molar-refractivity contribution in [1.82, 2.24) is 10.3 Å². The van der Waals surface area contributed by atoms with Gasteiger partial charge in [-0.15, -0.1) is 0 Å². The number of aromatic nitrogens is 1. The van der Waals surface area contributed by atoms with Crippen LogP contribution in [0.3, 0.4) is 0 Å². The van der Waals surface area contributed by atoms with Crippen LogP contribution in [0.5, 0.6) is 0 Å². The molecular formula is C13H20N2O2. The molecule has 4 nitrogen and oxygen atoms in total. The van der Waals surface area contributed by atoms with E-state index in [0.29, 0.717) is 11.8 Å². The highest BCUT2D eigenvalue weighted by molar-refractivity contribution is 5.16. The van der Waals surface area contributed by atoms with Gasteiger partial charge < -0.3 is 14.5 Å². The average molecular weight is 236 g/mol. The molecule has 1 aromatic rings. The summed E-state index contributed by atoms with van der Waals surface area (Å²) in [6, 6.07) is 0. The summed E-state index contributed by atoms with van der Waals surface area (Å²) < 4.78 is 11.3. The number of aryl methyl sites for hydroxylation is 1. The fourth-order valence-corrected chi connectivity index (χ4v) is 2.80. The third-order valence-corrected chi connectivity index (χ3v) is 3.85. The van der Waals surface area contributed by atoms with Gasteiger partial charge >= 0.3 is 0 Å². The van der Waals surface area contributed by atoms with Crippen molar-refractivity contribution < 1.29 is 9.15 Å². The molecule has 0 aliphatic carbocycles. The van der Waals surface area contributed by atoms with E-state index in [9.17, 15) is 0 Å². The number of nitrogens with one attached hydrogen (secondary N) is 1. The lowest BCUT2D eigenvalue weighted by molar-refractivity contribution is 0.193. The quantitative estimate of drug-likeness (QED) is 0.852. The van der Waals surface area contributed by atoms with Gasteiger partial charge in [0.2, 0.25) is 0 Å². The van der Waals surface area contributed by atoms with Crippen molar-refractivity contribution in [3.63, 3.8) is 0 Å². The predicted octanol–water partition coefficient (Wildman–Crippen LogP) is 1.95. The highest BCUT2D eigenvalue weighted by Crippen LogP contribution is 2.32. The van der Waals surface area contributed by atoms with Crippen LogP contribution in [-0.2, 0) is 4.74 Å². The Morgan fingerprint density at radius 3 is 2.71 bits per heavy atom. The SMILES string of the molecule is Cc1oc(C2CCNCC2)nc1C1CCOC1. The summed E-state index contributed by atoms with van der Waals surface area (Å²) in [6.07, 6.45) is 3.36. The zero-order chi connectivity index (χ0) is 11.7. The molecule has 3 rings (SSSR count). The van der Waals surface area contributed by atoms with Crippen LogP contribution in [0.2, 0.25) is 0 Å². The average Bonchev–Trinajstić information content (AvgIpc) is 2.99. The molecule has 0 aromatic carbocycles. The zero-order valence-corrected chi connectivity index (χ0v) is 10.4. The van der Waals surface area contributed by atoms with Crippen molar-refractivity contribution in [1.29, 1.82) is 0 Å². The van der Waals surface area contributed by atoms with Crippen molar-refractivity contribution in [2.45, 2.75) is 38.0 Å². The van der Waals surface area contributed by atoms with Gasteiger partial charge in [0.25, 0.3) is 0 Å². The molecule has 94 valence electrons. The summed E-state index contributed by atoms with van der Waals surface area (Å²) in [5, 5.41) is 3.37. The summed E-state index contributed by atoms with van der Waals surface area (Å²) in [6.45, 7) is 5.85. The minimum atomic E-state index is 0.453. The Morgan fingerprint density at radius 2 is 2.00 bits per heavy atom. The van der Waals surface area contributed by atoms with E-state index in [0.717, 1.165) is 62.9 Å². The van der Waals surface area contributed by atoms with Crippen LogP contribution in [0.15, 0.2) is 4.42 Å². The molecule has 2 aliphatic rings. The number of hydrogen-bond donors (Lipinski definition) is 1. The molecule has 4 heteroatoms. The molecule has 0 amide bonds. The lowest BCUT2D eigenvalue weighted by atomic mass is 9.98. The smallest absolute Gasteiger partial charge is 0.197 e. The van der Waals surface area contributed by atoms with Gasteiger partial charge in [-0.25, -0.2) is 4.98 Å². The van der Waals surface area contributed by atoms with E-state index in [1.807, 2.05) is 6.92 Å². The maximum atomic E-state index is 5.87. The number of piperidine rings is 1. The van der Waals surface area contributed by atoms with E-state index in [1.165, 1.54) is 0 Å². The fraction of sp³-hybridized carbons (Fsp3) is 0.769. The molecule has 1 N–H and O–H groups in total. The fourth-order valence-electron chi connectivity index (χ4n) is 2.80. The molecule has 3 heterocycles. The second-order valence-corrected chi connectivity index (χ2v) is 5.08. The van der Waals surface area contributed by atoms with E-state index >= 15 is 0 Å². The number of oxazole rings is 1. The van der Waals surface area contributed by atoms with Gasteiger partial charge in [0.15, 0.2) is 5.89 Å². The summed E-state index contributed by atoms with van der Waals surface area (Å²) in [7, 11) is 0. The Kier molecular flexibility index (Phi) is 3.16. The summed E-state index contributed by atoms with van der Waals surface area (Å²) >= 11 is 0. The Morgan fingerprint density at radius 1 is 1.18 bits per heavy atom. The van der Waals surface area contributed by atoms with E-state index in [2.05, 4.69) is 5.32 Å². The summed E-state index contributed by atoms with van der Waals surface area (Å²) in [5.74, 6) is 2.90. The summed E-state index contributed by atoms with van der Waals surface area (Å²) in [5.41, 5.74) is 1.14. The molecule has 2 aliphatic heterocycles. The van der Waals surface area contributed by atoms with Gasteiger partial charge in [-0.2, -0.15) is 0 Å². The van der Waals surface area contributed by atoms with Crippen LogP contribution >= 0.6 is 0 Å². The second kappa shape index (κ2) is 4.78. The van der Waals surface area contributed by atoms with E-state index in [-0.39, 0.29) is 0 Å². The van der Waals surface area contributed by atoms with Gasteiger partial charge in [-0.05, 0) is 39.3 Å². The lowest BCUT2D eigenvalue weighted by Crippen LogP contribution is -2.26. The Bertz CT molecular complexity index is 377. The van der Waals surface area contributed by atoms with Gasteiger partial charge in [-0.1, -0.05) is 0 Å². The van der Waals surface area contributed by atoms with E-state index in [4.69, 9.17) is 14.1 Å². The number of hydrogen-bond acceptors (Lipinski definition) is 4. The molecule has 2 saturated heterocycles. The van der Waals surface area contributed by atoms with Crippen LogP contribution in [0, 0.1) is 6.92 Å². The predicted molar refractivity (Wildman–Crippen MR) is 64.3 cm³/mol. The minimum Gasteiger partial charge on any atom is -0.445 e. The van der Waals surface area contributed by atoms with Crippen molar-refractivity contribution in [2.24, 2.45) is 0 Å². The second-order valence-electron chi connectivity index (χ2n) is 5.08. The topological polar surface area (TPSA) is 47.3 Å². The Labute approximate surface area is 102 Å². The molecule has 0 bridgehead atoms. The third-order valence-electron chi connectivity index (χ3n) is 3.85. The maximum absolute atomic E-state index is 5.87. The van der Waals surface area contributed by atoms with E-state index < -0.39 is 0 Å². The first-order chi connectivity index (χ1) is 8.34. The molecular weight excluding hydrogens is 216 g/mol. The first kappa shape index (κ1) is 11.2. The maximum Gasteiger partial charge on any atom is 0.197 e. The molecule has 1 aromatic heterocycles. The van der Waals surface area contributed by atoms with Gasteiger partial charge in [0.1, 0.15) is 5.76 Å². The molecule has 0 saturated carbocycles.